The molecule has 0 aliphatic rings. The van der Waals surface area contributed by atoms with E-state index in [0.29, 0.717) is 11.5 Å². The van der Waals surface area contributed by atoms with Crippen molar-refractivity contribution in [3.63, 3.8) is 0 Å². The second-order valence-corrected chi connectivity index (χ2v) is 3.35. The number of nitrogens with one attached hydrogen (secondary N) is 1. The van der Waals surface area contributed by atoms with Gasteiger partial charge in [-0.25, -0.2) is 15.4 Å². The highest BCUT2D eigenvalue weighted by molar-refractivity contribution is 5.80. The Morgan fingerprint density at radius 2 is 2.07 bits per heavy atom. The monoisotopic (exact) mass is 202 g/mol. The molecule has 0 fully saturated rings. The van der Waals surface area contributed by atoms with Crippen LogP contribution in [0.4, 0.5) is 5.82 Å². The molecular weight excluding hydrogens is 192 g/mol. The van der Waals surface area contributed by atoms with Crippen LogP contribution in [-0.2, 0) is 0 Å². The summed E-state index contributed by atoms with van der Waals surface area (Å²) in [7, 11) is 0. The molecule has 0 amide bonds. The summed E-state index contributed by atoms with van der Waals surface area (Å²) < 4.78 is 0. The largest absolute Gasteiger partial charge is 0.233 e. The summed E-state index contributed by atoms with van der Waals surface area (Å²) in [6, 6.07) is 5.57. The molecule has 0 saturated heterocycles. The molecule has 76 valence electrons. The van der Waals surface area contributed by atoms with E-state index in [1.54, 1.807) is 6.07 Å². The first-order valence-electron chi connectivity index (χ1n) is 4.54. The van der Waals surface area contributed by atoms with Crippen LogP contribution in [0.25, 0.3) is 11.0 Å². The summed E-state index contributed by atoms with van der Waals surface area (Å²) in [6.07, 6.45) is 0. The fourth-order valence-electron chi connectivity index (χ4n) is 1.54. The van der Waals surface area contributed by atoms with Gasteiger partial charge in [0.05, 0.1) is 5.29 Å². The van der Waals surface area contributed by atoms with E-state index in [2.05, 4.69) is 20.7 Å². The number of nitroso groups, excluding NO2 is 1. The number of aryl methyl sites for hydroxylation is 2. The highest BCUT2D eigenvalue weighted by atomic mass is 16.3. The van der Waals surface area contributed by atoms with Crippen molar-refractivity contribution in [2.24, 2.45) is 5.29 Å². The molecule has 5 heteroatoms. The second-order valence-electron chi connectivity index (χ2n) is 3.35. The number of rotatable bonds is 2. The minimum atomic E-state index is 0.412. The first-order valence-corrected chi connectivity index (χ1v) is 4.54. The quantitative estimate of drug-likeness (QED) is 0.599. The number of fused-ring (bicyclic) bond motifs is 1. The fraction of sp³-hybridized carbons (Fsp3) is 0.200. The van der Waals surface area contributed by atoms with E-state index >= 15 is 0 Å². The number of aromatic nitrogens is 2. The molecule has 2 heterocycles. The van der Waals surface area contributed by atoms with Gasteiger partial charge < -0.3 is 0 Å². The molecule has 0 saturated carbocycles. The molecule has 0 unspecified atom stereocenters. The third-order valence-corrected chi connectivity index (χ3v) is 2.17. The molecule has 5 nitrogen and oxygen atoms in total. The lowest BCUT2D eigenvalue weighted by Crippen LogP contribution is -1.94. The van der Waals surface area contributed by atoms with Gasteiger partial charge in [0.1, 0.15) is 0 Å². The number of nitrogens with zero attached hydrogens (tertiary/aromatic N) is 3. The number of anilines is 1. The van der Waals surface area contributed by atoms with Crippen molar-refractivity contribution in [3.8, 4) is 0 Å². The minimum absolute atomic E-state index is 0.412. The maximum Gasteiger partial charge on any atom is 0.162 e. The van der Waals surface area contributed by atoms with Gasteiger partial charge in [-0.05, 0) is 37.6 Å². The van der Waals surface area contributed by atoms with Crippen molar-refractivity contribution in [1.29, 1.82) is 0 Å². The summed E-state index contributed by atoms with van der Waals surface area (Å²) in [5.41, 5.74) is 4.91. The van der Waals surface area contributed by atoms with Crippen molar-refractivity contribution in [2.45, 2.75) is 13.8 Å². The molecule has 15 heavy (non-hydrogen) atoms. The lowest BCUT2D eigenvalue weighted by atomic mass is 10.1. The van der Waals surface area contributed by atoms with Gasteiger partial charge in [0.2, 0.25) is 0 Å². The van der Waals surface area contributed by atoms with Crippen molar-refractivity contribution in [3.05, 3.63) is 34.4 Å². The molecule has 0 aliphatic carbocycles. The highest BCUT2D eigenvalue weighted by Crippen LogP contribution is 2.18. The lowest BCUT2D eigenvalue weighted by molar-refractivity contribution is 1.17. The van der Waals surface area contributed by atoms with Crippen LogP contribution in [0.5, 0.6) is 0 Å². The third kappa shape index (κ3) is 1.76. The predicted octanol–water partition coefficient (Wildman–Crippen LogP) is 2.34. The first kappa shape index (κ1) is 9.51. The average Bonchev–Trinajstić information content (AvgIpc) is 2.17. The van der Waals surface area contributed by atoms with Crippen LogP contribution in [0.15, 0.2) is 23.5 Å². The van der Waals surface area contributed by atoms with Crippen molar-refractivity contribution >= 4 is 16.9 Å². The first-order chi connectivity index (χ1) is 7.20. The Labute approximate surface area is 86.5 Å². The molecule has 1 N–H and O–H groups in total. The molecule has 0 bridgehead atoms. The summed E-state index contributed by atoms with van der Waals surface area (Å²) in [5, 5.41) is 3.55. The maximum absolute atomic E-state index is 10.0. The molecule has 2 aromatic rings. The Kier molecular flexibility index (Phi) is 2.29. The van der Waals surface area contributed by atoms with Gasteiger partial charge in [0.15, 0.2) is 11.5 Å². The Morgan fingerprint density at radius 3 is 2.80 bits per heavy atom. The van der Waals surface area contributed by atoms with Gasteiger partial charge >= 0.3 is 0 Å². The fourth-order valence-corrected chi connectivity index (χ4v) is 1.54. The molecule has 0 radical (unpaired) electrons. The normalized spacial score (nSPS) is 10.3. The second kappa shape index (κ2) is 3.61. The van der Waals surface area contributed by atoms with Gasteiger partial charge in [0.25, 0.3) is 0 Å². The number of hydrogen-bond donors (Lipinski definition) is 1. The van der Waals surface area contributed by atoms with E-state index in [1.807, 2.05) is 26.0 Å². The van der Waals surface area contributed by atoms with Crippen molar-refractivity contribution in [1.82, 2.24) is 9.97 Å². The molecular formula is C10H10N4O. The summed E-state index contributed by atoms with van der Waals surface area (Å²) in [5.74, 6) is 0.412. The topological polar surface area (TPSA) is 67.2 Å². The molecule has 0 aliphatic heterocycles. The Balaban J connectivity index is 2.65. The van der Waals surface area contributed by atoms with E-state index in [9.17, 15) is 4.91 Å². The van der Waals surface area contributed by atoms with E-state index in [1.165, 1.54) is 0 Å². The van der Waals surface area contributed by atoms with E-state index in [0.717, 1.165) is 16.6 Å². The van der Waals surface area contributed by atoms with Crippen molar-refractivity contribution in [2.75, 3.05) is 5.43 Å². The standard InChI is InChI=1S/C10H10N4O/c1-6-5-7(2)11-10-8(6)3-4-9(12-10)13-14-15/h3-5H,1-2H3,(H,11,12,13,15). The zero-order valence-electron chi connectivity index (χ0n) is 8.48. The molecule has 2 rings (SSSR count). The number of pyridine rings is 2. The smallest absolute Gasteiger partial charge is 0.162 e. The van der Waals surface area contributed by atoms with Gasteiger partial charge in [-0.15, -0.1) is 4.91 Å². The van der Waals surface area contributed by atoms with Gasteiger partial charge in [-0.3, -0.25) is 0 Å². The zero-order valence-corrected chi connectivity index (χ0v) is 8.48. The van der Waals surface area contributed by atoms with E-state index in [-0.39, 0.29) is 0 Å². The van der Waals surface area contributed by atoms with Gasteiger partial charge in [-0.1, -0.05) is 0 Å². The predicted molar refractivity (Wildman–Crippen MR) is 58.4 cm³/mol. The lowest BCUT2D eigenvalue weighted by Gasteiger charge is -2.03. The molecule has 2 aromatic heterocycles. The molecule has 0 spiro atoms. The molecule has 0 atom stereocenters. The van der Waals surface area contributed by atoms with E-state index < -0.39 is 0 Å². The van der Waals surface area contributed by atoms with Crippen LogP contribution >= 0.6 is 0 Å². The van der Waals surface area contributed by atoms with Crippen LogP contribution in [0, 0.1) is 18.8 Å². The molecule has 0 aromatic carbocycles. The van der Waals surface area contributed by atoms with Crippen LogP contribution in [0.3, 0.4) is 0 Å². The van der Waals surface area contributed by atoms with Crippen LogP contribution in [0.2, 0.25) is 0 Å². The number of hydrogen-bond acceptors (Lipinski definition) is 4. The SMILES string of the molecule is Cc1cc(C)c2ccc(NN=O)nc2n1. The maximum atomic E-state index is 10.0. The summed E-state index contributed by atoms with van der Waals surface area (Å²) >= 11 is 0. The highest BCUT2D eigenvalue weighted by Gasteiger charge is 2.02. The van der Waals surface area contributed by atoms with Gasteiger partial charge in [-0.2, -0.15) is 0 Å². The summed E-state index contributed by atoms with van der Waals surface area (Å²) in [6.45, 7) is 3.91. The van der Waals surface area contributed by atoms with Crippen molar-refractivity contribution < 1.29 is 0 Å². The Hall–Kier alpha value is -2.04. The Bertz CT molecular complexity index is 524. The van der Waals surface area contributed by atoms with Crippen LogP contribution in [0.1, 0.15) is 11.3 Å². The van der Waals surface area contributed by atoms with Crippen LogP contribution < -0.4 is 5.43 Å². The van der Waals surface area contributed by atoms with Gasteiger partial charge in [0, 0.05) is 11.1 Å². The minimum Gasteiger partial charge on any atom is -0.233 e. The van der Waals surface area contributed by atoms with Crippen LogP contribution in [-0.4, -0.2) is 9.97 Å². The van der Waals surface area contributed by atoms with E-state index in [4.69, 9.17) is 0 Å². The average molecular weight is 202 g/mol. The third-order valence-electron chi connectivity index (χ3n) is 2.17. The Morgan fingerprint density at radius 1 is 1.27 bits per heavy atom. The summed E-state index contributed by atoms with van der Waals surface area (Å²) in [4.78, 5) is 18.5. The zero-order chi connectivity index (χ0) is 10.8.